The van der Waals surface area contributed by atoms with Crippen LogP contribution in [0.1, 0.15) is 30.9 Å². The van der Waals surface area contributed by atoms with E-state index in [2.05, 4.69) is 10.2 Å². The average molecular weight is 353 g/mol. The lowest BCUT2D eigenvalue weighted by Crippen LogP contribution is -2.41. The van der Waals surface area contributed by atoms with Crippen LogP contribution in [0.15, 0.2) is 12.1 Å². The first-order chi connectivity index (χ1) is 11.4. The highest BCUT2D eigenvalue weighted by molar-refractivity contribution is 6.34. The number of ether oxygens (including phenoxy) is 1. The predicted octanol–water partition coefficient (Wildman–Crippen LogP) is 3.17. The van der Waals surface area contributed by atoms with Crippen LogP contribution in [0.25, 0.3) is 0 Å². The van der Waals surface area contributed by atoms with Crippen LogP contribution in [0.4, 0.5) is 5.69 Å². The number of nitrogens with one attached hydrogen (secondary N) is 1. The molecule has 1 N–H and O–H groups in total. The van der Waals surface area contributed by atoms with E-state index >= 15 is 0 Å². The van der Waals surface area contributed by atoms with Gasteiger partial charge < -0.3 is 10.1 Å². The highest BCUT2D eigenvalue weighted by Crippen LogP contribution is 2.27. The normalized spacial score (nSPS) is 16.0. The number of amides is 1. The zero-order chi connectivity index (χ0) is 17.7. The molecule has 2 rings (SSSR count). The Labute approximate surface area is 148 Å². The summed E-state index contributed by atoms with van der Waals surface area (Å²) in [6.45, 7) is 7.87. The molecular weight excluding hydrogens is 328 g/mol. The Bertz CT molecular complexity index is 587. The van der Waals surface area contributed by atoms with Crippen LogP contribution in [-0.4, -0.2) is 43.0 Å². The van der Waals surface area contributed by atoms with Crippen molar-refractivity contribution in [3.8, 4) is 0 Å². The van der Waals surface area contributed by atoms with Gasteiger partial charge in [0, 0.05) is 0 Å². The molecule has 1 saturated heterocycles. The van der Waals surface area contributed by atoms with Crippen LogP contribution in [0.3, 0.4) is 0 Å². The molecule has 0 radical (unpaired) electrons. The zero-order valence-corrected chi connectivity index (χ0v) is 15.3. The van der Waals surface area contributed by atoms with E-state index in [1.54, 1.807) is 0 Å². The third-order valence-corrected chi connectivity index (χ3v) is 4.57. The fourth-order valence-electron chi connectivity index (χ4n) is 3.04. The zero-order valence-electron chi connectivity index (χ0n) is 14.5. The lowest BCUT2D eigenvalue weighted by Gasteiger charge is -2.30. The fourth-order valence-corrected chi connectivity index (χ4v) is 3.41. The summed E-state index contributed by atoms with van der Waals surface area (Å²) in [6, 6.07) is 3.83. The molecule has 0 aliphatic carbocycles. The quantitative estimate of drug-likeness (QED) is 0.827. The summed E-state index contributed by atoms with van der Waals surface area (Å²) in [5, 5.41) is 3.46. The maximum absolute atomic E-state index is 12.3. The third kappa shape index (κ3) is 4.95. The summed E-state index contributed by atoms with van der Waals surface area (Å²) in [7, 11) is 0. The summed E-state index contributed by atoms with van der Waals surface area (Å²) in [5.41, 5.74) is 2.69. The number of likely N-dealkylation sites (tertiary alicyclic amines) is 1. The molecule has 0 bridgehead atoms. The predicted molar refractivity (Wildman–Crippen MR) is 95.4 cm³/mol. The summed E-state index contributed by atoms with van der Waals surface area (Å²) < 4.78 is 5.06. The van der Waals surface area contributed by atoms with Crippen molar-refractivity contribution in [1.29, 1.82) is 0 Å². The molecule has 24 heavy (non-hydrogen) atoms. The number of piperidine rings is 1. The Morgan fingerprint density at radius 1 is 1.29 bits per heavy atom. The molecule has 1 aliphatic rings. The first kappa shape index (κ1) is 18.7. The molecule has 1 aromatic carbocycles. The standard InChI is InChI=1S/C18H25ClN2O3/c1-4-24-18(23)14-5-7-21(8-6-14)11-16(22)20-17-13(3)9-12(2)10-15(17)19/h9-10,14H,4-8,11H2,1-3H3,(H,20,22). The largest absolute Gasteiger partial charge is 0.466 e. The SMILES string of the molecule is CCOC(=O)C1CCN(CC(=O)Nc2c(C)cc(C)cc2Cl)CC1. The van der Waals surface area contributed by atoms with E-state index in [0.29, 0.717) is 23.9 Å². The topological polar surface area (TPSA) is 58.6 Å². The van der Waals surface area contributed by atoms with Crippen LogP contribution in [0.5, 0.6) is 0 Å². The van der Waals surface area contributed by atoms with Crippen LogP contribution in [0, 0.1) is 19.8 Å². The van der Waals surface area contributed by atoms with E-state index in [1.165, 1.54) is 0 Å². The Kier molecular flexibility index (Phi) is 6.63. The van der Waals surface area contributed by atoms with Gasteiger partial charge in [0.2, 0.25) is 5.91 Å². The van der Waals surface area contributed by atoms with Gasteiger partial charge >= 0.3 is 5.97 Å². The van der Waals surface area contributed by atoms with Crippen molar-refractivity contribution in [2.45, 2.75) is 33.6 Å². The van der Waals surface area contributed by atoms with E-state index < -0.39 is 0 Å². The molecule has 0 spiro atoms. The Morgan fingerprint density at radius 3 is 2.54 bits per heavy atom. The number of carbonyl (C=O) groups excluding carboxylic acids is 2. The van der Waals surface area contributed by atoms with Gasteiger partial charge in [0.15, 0.2) is 0 Å². The van der Waals surface area contributed by atoms with Crippen molar-refractivity contribution in [3.05, 3.63) is 28.3 Å². The molecule has 1 aromatic rings. The van der Waals surface area contributed by atoms with Crippen molar-refractivity contribution >= 4 is 29.2 Å². The second-order valence-electron chi connectivity index (χ2n) is 6.29. The van der Waals surface area contributed by atoms with Gasteiger partial charge in [-0.05, 0) is 63.9 Å². The van der Waals surface area contributed by atoms with Gasteiger partial charge in [0.1, 0.15) is 0 Å². The number of carbonyl (C=O) groups is 2. The summed E-state index contributed by atoms with van der Waals surface area (Å²) in [6.07, 6.45) is 1.47. The maximum Gasteiger partial charge on any atom is 0.309 e. The number of rotatable bonds is 5. The number of halogens is 1. The van der Waals surface area contributed by atoms with Gasteiger partial charge in [-0.3, -0.25) is 14.5 Å². The molecule has 0 atom stereocenters. The molecule has 1 heterocycles. The summed E-state index contributed by atoms with van der Waals surface area (Å²) in [5.74, 6) is -0.250. The number of esters is 1. The van der Waals surface area contributed by atoms with Gasteiger partial charge in [0.05, 0.1) is 29.8 Å². The van der Waals surface area contributed by atoms with Gasteiger partial charge in [0.25, 0.3) is 0 Å². The van der Waals surface area contributed by atoms with Crippen LogP contribution in [-0.2, 0) is 14.3 Å². The van der Waals surface area contributed by atoms with E-state index in [-0.39, 0.29) is 17.8 Å². The highest BCUT2D eigenvalue weighted by Gasteiger charge is 2.26. The lowest BCUT2D eigenvalue weighted by atomic mass is 9.97. The number of aryl methyl sites for hydroxylation is 2. The Morgan fingerprint density at radius 2 is 1.96 bits per heavy atom. The van der Waals surface area contributed by atoms with Crippen molar-refractivity contribution < 1.29 is 14.3 Å². The molecule has 6 heteroatoms. The van der Waals surface area contributed by atoms with E-state index in [4.69, 9.17) is 16.3 Å². The van der Waals surface area contributed by atoms with Crippen molar-refractivity contribution in [1.82, 2.24) is 4.90 Å². The molecular formula is C18H25ClN2O3. The molecule has 132 valence electrons. The minimum atomic E-state index is -0.122. The van der Waals surface area contributed by atoms with Crippen molar-refractivity contribution in [2.24, 2.45) is 5.92 Å². The van der Waals surface area contributed by atoms with Gasteiger partial charge in [-0.2, -0.15) is 0 Å². The minimum Gasteiger partial charge on any atom is -0.466 e. The van der Waals surface area contributed by atoms with Gasteiger partial charge in [-0.15, -0.1) is 0 Å². The number of hydrogen-bond donors (Lipinski definition) is 1. The molecule has 0 aromatic heterocycles. The lowest BCUT2D eigenvalue weighted by molar-refractivity contribution is -0.149. The second-order valence-corrected chi connectivity index (χ2v) is 6.70. The van der Waals surface area contributed by atoms with E-state index in [0.717, 1.165) is 37.1 Å². The van der Waals surface area contributed by atoms with Crippen LogP contribution in [0.2, 0.25) is 5.02 Å². The van der Waals surface area contributed by atoms with E-state index in [1.807, 2.05) is 32.9 Å². The van der Waals surface area contributed by atoms with Gasteiger partial charge in [-0.25, -0.2) is 0 Å². The van der Waals surface area contributed by atoms with E-state index in [9.17, 15) is 9.59 Å². The molecule has 1 aliphatic heterocycles. The minimum absolute atomic E-state index is 0.0435. The van der Waals surface area contributed by atoms with Crippen LogP contribution >= 0.6 is 11.6 Å². The van der Waals surface area contributed by atoms with Gasteiger partial charge in [-0.1, -0.05) is 17.7 Å². The van der Waals surface area contributed by atoms with Crippen LogP contribution < -0.4 is 5.32 Å². The first-order valence-electron chi connectivity index (χ1n) is 8.36. The maximum atomic E-state index is 12.3. The number of nitrogens with zero attached hydrogens (tertiary/aromatic N) is 1. The number of hydrogen-bond acceptors (Lipinski definition) is 4. The first-order valence-corrected chi connectivity index (χ1v) is 8.74. The number of benzene rings is 1. The Balaban J connectivity index is 1.85. The van der Waals surface area contributed by atoms with Crippen molar-refractivity contribution in [3.63, 3.8) is 0 Å². The van der Waals surface area contributed by atoms with Crippen molar-refractivity contribution in [2.75, 3.05) is 31.6 Å². The summed E-state index contributed by atoms with van der Waals surface area (Å²) in [4.78, 5) is 26.1. The summed E-state index contributed by atoms with van der Waals surface area (Å²) >= 11 is 6.23. The smallest absolute Gasteiger partial charge is 0.309 e. The average Bonchev–Trinajstić information content (AvgIpc) is 2.52. The monoisotopic (exact) mass is 352 g/mol. The molecule has 5 nitrogen and oxygen atoms in total. The third-order valence-electron chi connectivity index (χ3n) is 4.27. The Hall–Kier alpha value is -1.59. The number of anilines is 1. The molecule has 1 fully saturated rings. The molecule has 1 amide bonds. The fraction of sp³-hybridized carbons (Fsp3) is 0.556. The second kappa shape index (κ2) is 8.49. The molecule has 0 saturated carbocycles. The highest BCUT2D eigenvalue weighted by atomic mass is 35.5. The molecule has 0 unspecified atom stereocenters.